The van der Waals surface area contributed by atoms with E-state index < -0.39 is 39.4 Å². The molecule has 4 N–H and O–H groups in total. The summed E-state index contributed by atoms with van der Waals surface area (Å²) in [6.45, 7) is -0.396. The summed E-state index contributed by atoms with van der Waals surface area (Å²) in [4.78, 5) is 58.3. The number of ether oxygens (including phenoxy) is 3. The fraction of sp³-hybridized carbons (Fsp3) is 0.179. The van der Waals surface area contributed by atoms with E-state index >= 15 is 0 Å². The first kappa shape index (κ1) is 35.7. The maximum Gasteiger partial charge on any atom is 0.341 e. The van der Waals surface area contributed by atoms with Gasteiger partial charge in [0.05, 0.1) is 30.9 Å². The largest absolute Gasteiger partial charge is 0.481 e. The van der Waals surface area contributed by atoms with E-state index in [0.717, 1.165) is 16.4 Å². The lowest BCUT2D eigenvalue weighted by Gasteiger charge is -2.16. The third-order valence-electron chi connectivity index (χ3n) is 5.71. The number of carboxylic acids is 1. The molecule has 2 heterocycles. The lowest BCUT2D eigenvalue weighted by Crippen LogP contribution is -2.36. The summed E-state index contributed by atoms with van der Waals surface area (Å²) < 4.78 is 42.5. The van der Waals surface area contributed by atoms with Crippen molar-refractivity contribution in [3.8, 4) is 17.5 Å². The van der Waals surface area contributed by atoms with Crippen LogP contribution in [0.4, 0.5) is 16.4 Å². The number of hydrogen-bond donors (Lipinski definition) is 4. The second-order valence-electron chi connectivity index (χ2n) is 9.14. The summed E-state index contributed by atoms with van der Waals surface area (Å²) in [6, 6.07) is 10.6. The quantitative estimate of drug-likeness (QED) is 0.166. The van der Waals surface area contributed by atoms with Crippen molar-refractivity contribution in [1.82, 2.24) is 24.6 Å². The minimum Gasteiger partial charge on any atom is -0.481 e. The molecule has 0 radical (unpaired) electrons. The third kappa shape index (κ3) is 9.62. The summed E-state index contributed by atoms with van der Waals surface area (Å²) in [6.07, 6.45) is 1.94. The summed E-state index contributed by atoms with van der Waals surface area (Å²) in [5, 5.41) is 14.3. The highest BCUT2D eigenvalue weighted by Gasteiger charge is 2.26. The van der Waals surface area contributed by atoms with Crippen molar-refractivity contribution in [1.29, 1.82) is 0 Å². The molecule has 4 rings (SSSR count). The number of nitrogens with zero attached hydrogens (tertiary/aromatic N) is 4. The fourth-order valence-corrected chi connectivity index (χ4v) is 5.01. The molecule has 0 saturated carbocycles. The van der Waals surface area contributed by atoms with Crippen LogP contribution < -0.4 is 29.6 Å². The molecule has 0 unspecified atom stereocenters. The molecule has 248 valence electrons. The SMILES string of the molecule is COc1cc(OC)nc(NC(=O)NS(=O)(=O)c2cc(NC=O)ccc2C(=O)N(C)C)n1.O=C(O)COc1ccc(Cl)c2cccnc12. The van der Waals surface area contributed by atoms with E-state index in [2.05, 4.69) is 25.6 Å². The van der Waals surface area contributed by atoms with Crippen molar-refractivity contribution < 1.29 is 46.9 Å². The summed E-state index contributed by atoms with van der Waals surface area (Å²) in [5.41, 5.74) is 0.462. The van der Waals surface area contributed by atoms with Crippen LogP contribution in [-0.2, 0) is 19.6 Å². The standard InChI is InChI=1S/C17H20N6O7S.C11H8ClNO3/c1-23(2)15(25)11-6-5-10(18-9-24)7-12(11)31(27,28)22-17(26)21-16-19-13(29-3)8-14(20-16)30-4;12-8-3-4-9(16-6-10(14)15)11-7(8)2-1-5-13-11/h5-9H,1-4H3,(H,18,24)(H2,19,20,21,22,26);1-5H,6H2,(H,14,15). The van der Waals surface area contributed by atoms with Crippen LogP contribution in [0.25, 0.3) is 10.9 Å². The Labute approximate surface area is 272 Å². The zero-order valence-corrected chi connectivity index (χ0v) is 26.7. The van der Waals surface area contributed by atoms with Crippen molar-refractivity contribution >= 4 is 68.5 Å². The number of carboxylic acid groups (broad SMARTS) is 1. The predicted octanol–water partition coefficient (Wildman–Crippen LogP) is 2.63. The minimum absolute atomic E-state index is 0.0662. The van der Waals surface area contributed by atoms with Crippen molar-refractivity contribution in [2.24, 2.45) is 0 Å². The molecule has 0 aliphatic rings. The molecule has 0 fully saturated rings. The highest BCUT2D eigenvalue weighted by Crippen LogP contribution is 2.29. The van der Waals surface area contributed by atoms with Gasteiger partial charge in [-0.15, -0.1) is 0 Å². The van der Waals surface area contributed by atoms with E-state index in [1.165, 1.54) is 46.5 Å². The van der Waals surface area contributed by atoms with Gasteiger partial charge in [0, 0.05) is 31.4 Å². The summed E-state index contributed by atoms with van der Waals surface area (Å²) in [5.74, 6) is -1.39. The number of methoxy groups -OCH3 is 2. The Morgan fingerprint density at radius 2 is 1.70 bits per heavy atom. The number of hydrogen-bond acceptors (Lipinski definition) is 12. The molecule has 0 aliphatic heterocycles. The first-order valence-electron chi connectivity index (χ1n) is 13.0. The Morgan fingerprint density at radius 3 is 2.30 bits per heavy atom. The van der Waals surface area contributed by atoms with Gasteiger partial charge in [0.25, 0.3) is 15.9 Å². The van der Waals surface area contributed by atoms with Crippen LogP contribution in [-0.4, -0.2) is 92.6 Å². The van der Waals surface area contributed by atoms with Gasteiger partial charge < -0.3 is 29.5 Å². The molecular formula is C28H28ClN7O10S. The maximum absolute atomic E-state index is 12.8. The van der Waals surface area contributed by atoms with Crippen molar-refractivity contribution in [2.45, 2.75) is 4.90 Å². The molecule has 4 amide bonds. The zero-order chi connectivity index (χ0) is 34.7. The second kappa shape index (κ2) is 16.0. The number of amides is 4. The van der Waals surface area contributed by atoms with E-state index in [1.54, 1.807) is 35.2 Å². The van der Waals surface area contributed by atoms with Crippen LogP contribution in [0.15, 0.2) is 59.6 Å². The van der Waals surface area contributed by atoms with Crippen LogP contribution in [0, 0.1) is 0 Å². The van der Waals surface area contributed by atoms with Crippen molar-refractivity contribution in [3.05, 3.63) is 65.3 Å². The summed E-state index contributed by atoms with van der Waals surface area (Å²) >= 11 is 5.98. The fourth-order valence-electron chi connectivity index (χ4n) is 3.66. The molecule has 0 atom stereocenters. The number of pyridine rings is 1. The van der Waals surface area contributed by atoms with E-state index in [4.69, 9.17) is 30.9 Å². The highest BCUT2D eigenvalue weighted by atomic mass is 35.5. The van der Waals surface area contributed by atoms with Gasteiger partial charge >= 0.3 is 12.0 Å². The number of aliphatic carboxylic acids is 1. The number of sulfonamides is 1. The molecule has 0 saturated heterocycles. The van der Waals surface area contributed by atoms with Gasteiger partial charge in [0.2, 0.25) is 24.1 Å². The number of benzene rings is 2. The highest BCUT2D eigenvalue weighted by molar-refractivity contribution is 7.90. The van der Waals surface area contributed by atoms with Crippen LogP contribution in [0.2, 0.25) is 5.02 Å². The minimum atomic E-state index is -4.54. The van der Waals surface area contributed by atoms with Gasteiger partial charge in [-0.3, -0.25) is 19.9 Å². The number of carbonyl (C=O) groups excluding carboxylic acids is 3. The number of aromatic nitrogens is 3. The lowest BCUT2D eigenvalue weighted by atomic mass is 10.2. The molecule has 19 heteroatoms. The normalized spacial score (nSPS) is 10.5. The van der Waals surface area contributed by atoms with Crippen LogP contribution in [0.1, 0.15) is 10.4 Å². The number of rotatable bonds is 11. The van der Waals surface area contributed by atoms with Crippen LogP contribution >= 0.6 is 11.6 Å². The number of halogens is 1. The number of anilines is 2. The van der Waals surface area contributed by atoms with E-state index in [0.29, 0.717) is 22.7 Å². The average Bonchev–Trinajstić information content (AvgIpc) is 3.04. The lowest BCUT2D eigenvalue weighted by molar-refractivity contribution is -0.139. The summed E-state index contributed by atoms with van der Waals surface area (Å²) in [7, 11) is 0.991. The molecule has 0 aliphatic carbocycles. The monoisotopic (exact) mass is 689 g/mol. The average molecular weight is 690 g/mol. The molecule has 47 heavy (non-hydrogen) atoms. The molecule has 4 aromatic rings. The smallest absolute Gasteiger partial charge is 0.341 e. The van der Waals surface area contributed by atoms with Gasteiger partial charge in [-0.2, -0.15) is 9.97 Å². The first-order chi connectivity index (χ1) is 22.3. The Kier molecular flexibility index (Phi) is 12.2. The number of nitrogens with one attached hydrogen (secondary N) is 3. The Balaban J connectivity index is 0.000000312. The number of carbonyl (C=O) groups is 4. The molecule has 17 nitrogen and oxygen atoms in total. The molecule has 2 aromatic heterocycles. The van der Waals surface area contributed by atoms with Gasteiger partial charge in [-0.25, -0.2) is 22.7 Å². The molecule has 0 spiro atoms. The molecular weight excluding hydrogens is 662 g/mol. The van der Waals surface area contributed by atoms with Gasteiger partial charge in [-0.05, 0) is 42.5 Å². The van der Waals surface area contributed by atoms with Gasteiger partial charge in [0.15, 0.2) is 6.61 Å². The molecule has 0 bridgehead atoms. The van der Waals surface area contributed by atoms with Gasteiger partial charge in [0.1, 0.15) is 16.2 Å². The van der Waals surface area contributed by atoms with E-state index in [-0.39, 0.29) is 29.0 Å². The number of fused-ring (bicyclic) bond motifs is 1. The maximum atomic E-state index is 12.8. The van der Waals surface area contributed by atoms with Gasteiger partial charge in [-0.1, -0.05) is 11.6 Å². The second-order valence-corrected chi connectivity index (χ2v) is 11.2. The molecule has 2 aromatic carbocycles. The third-order valence-corrected chi connectivity index (χ3v) is 7.41. The van der Waals surface area contributed by atoms with Crippen LogP contribution in [0.3, 0.4) is 0 Å². The Morgan fingerprint density at radius 1 is 1.02 bits per heavy atom. The Hall–Kier alpha value is -5.75. The zero-order valence-electron chi connectivity index (χ0n) is 25.2. The first-order valence-corrected chi connectivity index (χ1v) is 14.9. The number of urea groups is 1. The van der Waals surface area contributed by atoms with Crippen molar-refractivity contribution in [3.63, 3.8) is 0 Å². The van der Waals surface area contributed by atoms with Crippen molar-refractivity contribution in [2.75, 3.05) is 45.6 Å². The predicted molar refractivity (Wildman–Crippen MR) is 169 cm³/mol. The van der Waals surface area contributed by atoms with E-state index in [9.17, 15) is 27.6 Å². The van der Waals surface area contributed by atoms with E-state index in [1.807, 2.05) is 0 Å². The van der Waals surface area contributed by atoms with Crippen LogP contribution in [0.5, 0.6) is 17.5 Å². The topological polar surface area (TPSA) is 228 Å². The Bertz CT molecular complexity index is 1890.